The molecule has 0 amide bonds. The summed E-state index contributed by atoms with van der Waals surface area (Å²) in [5, 5.41) is 1.24. The van der Waals surface area contributed by atoms with Crippen molar-refractivity contribution >= 4 is 13.5 Å². The number of hydrogen-bond acceptors (Lipinski definition) is 2. The summed E-state index contributed by atoms with van der Waals surface area (Å²) in [6.07, 6.45) is 3.92. The van der Waals surface area contributed by atoms with Crippen molar-refractivity contribution in [3.63, 3.8) is 0 Å². The fourth-order valence-corrected chi connectivity index (χ4v) is 6.65. The van der Waals surface area contributed by atoms with Crippen LogP contribution in [0.2, 0.25) is 12.1 Å². The van der Waals surface area contributed by atoms with Crippen molar-refractivity contribution in [2.45, 2.75) is 31.4 Å². The highest BCUT2D eigenvalue weighted by molar-refractivity contribution is 6.91. The maximum atomic E-state index is 5.96. The van der Waals surface area contributed by atoms with E-state index in [4.69, 9.17) is 9.16 Å². The molecule has 0 saturated carbocycles. The van der Waals surface area contributed by atoms with Crippen molar-refractivity contribution in [3.05, 3.63) is 36.4 Å². The van der Waals surface area contributed by atoms with Crippen LogP contribution in [-0.4, -0.2) is 22.5 Å². The monoisotopic (exact) mass is 262 g/mol. The van der Waals surface area contributed by atoms with Crippen LogP contribution in [0, 0.1) is 0 Å². The van der Waals surface area contributed by atoms with E-state index in [2.05, 4.69) is 18.7 Å². The molecule has 1 aliphatic heterocycles. The lowest BCUT2D eigenvalue weighted by Gasteiger charge is -2.35. The van der Waals surface area contributed by atoms with Crippen LogP contribution in [0.4, 0.5) is 0 Å². The van der Waals surface area contributed by atoms with Crippen LogP contribution in [0.15, 0.2) is 30.8 Å². The molecule has 1 aromatic carbocycles. The second-order valence-electron chi connectivity index (χ2n) is 4.97. The molecule has 0 aliphatic carbocycles. The summed E-state index contributed by atoms with van der Waals surface area (Å²) in [7, 11) is 1.79. The van der Waals surface area contributed by atoms with Crippen LogP contribution in [0.5, 0.6) is 5.75 Å². The Hall–Kier alpha value is -1.06. The summed E-state index contributed by atoms with van der Waals surface area (Å²) in [5.41, 5.74) is 1.21. The van der Waals surface area contributed by atoms with E-state index in [9.17, 15) is 0 Å². The van der Waals surface area contributed by atoms with Gasteiger partial charge in [-0.2, -0.15) is 0 Å². The SMILES string of the molecule is C=C(c1ccc(OC)cc1)[Si]1(OC)CCCCC1. The molecule has 2 nitrogen and oxygen atoms in total. The molecule has 0 bridgehead atoms. The Labute approximate surface area is 111 Å². The van der Waals surface area contributed by atoms with E-state index in [0.29, 0.717) is 0 Å². The van der Waals surface area contributed by atoms with Crippen LogP contribution in [0.1, 0.15) is 24.8 Å². The van der Waals surface area contributed by atoms with Crippen molar-refractivity contribution in [3.8, 4) is 5.75 Å². The maximum Gasteiger partial charge on any atom is 0.223 e. The molecule has 1 aliphatic rings. The van der Waals surface area contributed by atoms with Gasteiger partial charge in [0.25, 0.3) is 0 Å². The van der Waals surface area contributed by atoms with Crippen LogP contribution in [0.25, 0.3) is 5.20 Å². The fraction of sp³-hybridized carbons (Fsp3) is 0.467. The minimum absolute atomic E-state index is 0.892. The van der Waals surface area contributed by atoms with Gasteiger partial charge in [-0.15, -0.1) is 0 Å². The normalized spacial score (nSPS) is 18.3. The predicted molar refractivity (Wildman–Crippen MR) is 78.3 cm³/mol. The average molecular weight is 262 g/mol. The highest BCUT2D eigenvalue weighted by atomic mass is 28.4. The van der Waals surface area contributed by atoms with Crippen LogP contribution in [0.3, 0.4) is 0 Å². The Morgan fingerprint density at radius 1 is 1.06 bits per heavy atom. The van der Waals surface area contributed by atoms with Crippen molar-refractivity contribution in [1.82, 2.24) is 0 Å². The Balaban J connectivity index is 2.22. The van der Waals surface area contributed by atoms with Crippen LogP contribution >= 0.6 is 0 Å². The number of benzene rings is 1. The minimum atomic E-state index is -1.76. The van der Waals surface area contributed by atoms with E-state index in [-0.39, 0.29) is 0 Å². The van der Waals surface area contributed by atoms with E-state index < -0.39 is 8.32 Å². The second kappa shape index (κ2) is 5.72. The van der Waals surface area contributed by atoms with Gasteiger partial charge < -0.3 is 9.16 Å². The molecule has 3 heteroatoms. The molecule has 98 valence electrons. The molecule has 1 heterocycles. The Kier molecular flexibility index (Phi) is 4.25. The Morgan fingerprint density at radius 3 is 2.17 bits per heavy atom. The Morgan fingerprint density at radius 2 is 1.67 bits per heavy atom. The van der Waals surface area contributed by atoms with Gasteiger partial charge >= 0.3 is 0 Å². The summed E-state index contributed by atoms with van der Waals surface area (Å²) in [4.78, 5) is 0. The first kappa shape index (κ1) is 13.4. The molecule has 1 fully saturated rings. The van der Waals surface area contributed by atoms with Crippen molar-refractivity contribution in [2.75, 3.05) is 14.2 Å². The highest BCUT2D eigenvalue weighted by Gasteiger charge is 2.38. The molecule has 0 N–H and O–H groups in total. The molecule has 0 spiro atoms. The van der Waals surface area contributed by atoms with E-state index in [0.717, 1.165) is 5.75 Å². The van der Waals surface area contributed by atoms with Crippen molar-refractivity contribution in [1.29, 1.82) is 0 Å². The lowest BCUT2D eigenvalue weighted by atomic mass is 10.2. The summed E-state index contributed by atoms with van der Waals surface area (Å²) in [6, 6.07) is 10.6. The van der Waals surface area contributed by atoms with Gasteiger partial charge in [0.2, 0.25) is 8.32 Å². The van der Waals surface area contributed by atoms with Gasteiger partial charge in [-0.05, 0) is 35.0 Å². The molecule has 0 aromatic heterocycles. The third-order valence-electron chi connectivity index (χ3n) is 4.04. The molecule has 2 rings (SSSR count). The quantitative estimate of drug-likeness (QED) is 0.763. The molecule has 0 unspecified atom stereocenters. The van der Waals surface area contributed by atoms with E-state index in [1.807, 2.05) is 19.2 Å². The largest absolute Gasteiger partial charge is 0.497 e. The zero-order valence-corrected chi connectivity index (χ0v) is 12.4. The fourth-order valence-electron chi connectivity index (χ4n) is 2.81. The Bertz CT molecular complexity index is 405. The molecule has 1 aromatic rings. The van der Waals surface area contributed by atoms with Crippen LogP contribution in [-0.2, 0) is 4.43 Å². The van der Waals surface area contributed by atoms with E-state index >= 15 is 0 Å². The third-order valence-corrected chi connectivity index (χ3v) is 8.53. The highest BCUT2D eigenvalue weighted by Crippen LogP contribution is 2.38. The molecule has 1 saturated heterocycles. The summed E-state index contributed by atoms with van der Waals surface area (Å²) >= 11 is 0. The summed E-state index contributed by atoms with van der Waals surface area (Å²) in [5.74, 6) is 0.892. The van der Waals surface area contributed by atoms with Gasteiger partial charge in [0.15, 0.2) is 0 Å². The number of methoxy groups -OCH3 is 1. The smallest absolute Gasteiger partial charge is 0.223 e. The van der Waals surface area contributed by atoms with Gasteiger partial charge in [0.05, 0.1) is 7.11 Å². The topological polar surface area (TPSA) is 18.5 Å². The van der Waals surface area contributed by atoms with Crippen molar-refractivity contribution in [2.24, 2.45) is 0 Å². The zero-order valence-electron chi connectivity index (χ0n) is 11.4. The molecule has 0 radical (unpaired) electrons. The van der Waals surface area contributed by atoms with E-state index in [1.54, 1.807) is 7.11 Å². The zero-order chi connectivity index (χ0) is 13.0. The predicted octanol–water partition coefficient (Wildman–Crippen LogP) is 4.02. The molecule has 0 atom stereocenters. The number of ether oxygens (including phenoxy) is 1. The molecule has 18 heavy (non-hydrogen) atoms. The number of rotatable bonds is 4. The second-order valence-corrected chi connectivity index (χ2v) is 8.97. The van der Waals surface area contributed by atoms with Crippen molar-refractivity contribution < 1.29 is 9.16 Å². The summed E-state index contributed by atoms with van der Waals surface area (Å²) in [6.45, 7) is 4.34. The summed E-state index contributed by atoms with van der Waals surface area (Å²) < 4.78 is 11.2. The standard InChI is InChI=1S/C15H22O2Si/c1-13(14-7-9-15(16-2)10-8-14)18(17-3)11-5-4-6-12-18/h7-10H,1,4-6,11-12H2,2-3H3. The van der Waals surface area contributed by atoms with Crippen LogP contribution < -0.4 is 4.74 Å². The minimum Gasteiger partial charge on any atom is -0.497 e. The third kappa shape index (κ3) is 2.52. The van der Waals surface area contributed by atoms with E-state index in [1.165, 1.54) is 42.1 Å². The average Bonchev–Trinajstić information content (AvgIpc) is 2.47. The van der Waals surface area contributed by atoms with Gasteiger partial charge in [0.1, 0.15) is 5.75 Å². The lowest BCUT2D eigenvalue weighted by Crippen LogP contribution is -2.40. The first-order valence-electron chi connectivity index (χ1n) is 6.61. The molecular formula is C15H22O2Si. The van der Waals surface area contributed by atoms with Gasteiger partial charge in [0, 0.05) is 7.11 Å². The maximum absolute atomic E-state index is 5.96. The first-order valence-corrected chi connectivity index (χ1v) is 8.93. The molecular weight excluding hydrogens is 240 g/mol. The van der Waals surface area contributed by atoms with Gasteiger partial charge in [-0.25, -0.2) is 0 Å². The van der Waals surface area contributed by atoms with Gasteiger partial charge in [-0.1, -0.05) is 38.0 Å². The first-order chi connectivity index (χ1) is 8.72. The number of hydrogen-bond donors (Lipinski definition) is 0. The van der Waals surface area contributed by atoms with Gasteiger partial charge in [-0.3, -0.25) is 0 Å². The lowest BCUT2D eigenvalue weighted by molar-refractivity contribution is 0.391.